The second-order valence-corrected chi connectivity index (χ2v) is 5.58. The minimum Gasteiger partial charge on any atom is -0.317 e. The molecule has 4 heteroatoms. The summed E-state index contributed by atoms with van der Waals surface area (Å²) in [6, 6.07) is 0. The third-order valence-electron chi connectivity index (χ3n) is 3.13. The van der Waals surface area contributed by atoms with Gasteiger partial charge in [-0.05, 0) is 51.5 Å². The summed E-state index contributed by atoms with van der Waals surface area (Å²) in [5.74, 6) is 1.28. The Bertz CT molecular complexity index is 158. The largest absolute Gasteiger partial charge is 0.317 e. The Morgan fingerprint density at radius 2 is 1.75 bits per heavy atom. The molecular weight excluding hydrogens is 218 g/mol. The molecule has 1 heterocycles. The molecule has 16 heavy (non-hydrogen) atoms. The van der Waals surface area contributed by atoms with Crippen LogP contribution >= 0.6 is 11.8 Å². The minimum atomic E-state index is 1.18. The molecule has 0 aromatic heterocycles. The topological polar surface area (TPSA) is 18.5 Å². The molecule has 0 aliphatic carbocycles. The van der Waals surface area contributed by atoms with Gasteiger partial charge < -0.3 is 15.1 Å². The third-order valence-corrected chi connectivity index (χ3v) is 3.82. The number of hydrogen-bond donors (Lipinski definition) is 1. The van der Waals surface area contributed by atoms with Crippen molar-refractivity contribution >= 4 is 11.8 Å². The lowest BCUT2D eigenvalue weighted by Gasteiger charge is -2.32. The van der Waals surface area contributed by atoms with E-state index in [0.29, 0.717) is 0 Å². The Balaban J connectivity index is 1.84. The summed E-state index contributed by atoms with van der Waals surface area (Å²) in [7, 11) is 2.21. The molecule has 1 saturated heterocycles. The maximum Gasteiger partial charge on any atom is 0.0110 e. The fourth-order valence-corrected chi connectivity index (χ4v) is 2.40. The van der Waals surface area contributed by atoms with E-state index in [1.54, 1.807) is 0 Å². The van der Waals surface area contributed by atoms with Crippen LogP contribution in [0.1, 0.15) is 12.8 Å². The van der Waals surface area contributed by atoms with Crippen LogP contribution in [0, 0.1) is 0 Å². The lowest BCUT2D eigenvalue weighted by molar-refractivity contribution is 0.153. The van der Waals surface area contributed by atoms with Gasteiger partial charge in [-0.15, -0.1) is 0 Å². The van der Waals surface area contributed by atoms with E-state index in [1.165, 1.54) is 64.4 Å². The number of rotatable bonds is 8. The lowest BCUT2D eigenvalue weighted by atomic mass is 10.3. The van der Waals surface area contributed by atoms with Gasteiger partial charge in [0.05, 0.1) is 0 Å². The number of nitrogens with zero attached hydrogens (tertiary/aromatic N) is 2. The summed E-state index contributed by atoms with van der Waals surface area (Å²) < 4.78 is 0. The Labute approximate surface area is 105 Å². The summed E-state index contributed by atoms with van der Waals surface area (Å²) in [6.07, 6.45) is 4.77. The maximum atomic E-state index is 3.52. The number of nitrogens with one attached hydrogen (secondary N) is 1. The molecule has 1 N–H and O–H groups in total. The molecule has 3 nitrogen and oxygen atoms in total. The molecule has 1 fully saturated rings. The monoisotopic (exact) mass is 245 g/mol. The van der Waals surface area contributed by atoms with E-state index in [-0.39, 0.29) is 0 Å². The zero-order valence-electron chi connectivity index (χ0n) is 10.9. The van der Waals surface area contributed by atoms with E-state index < -0.39 is 0 Å². The van der Waals surface area contributed by atoms with E-state index >= 15 is 0 Å². The van der Waals surface area contributed by atoms with E-state index in [0.717, 1.165) is 0 Å². The van der Waals surface area contributed by atoms with Gasteiger partial charge in [0.1, 0.15) is 0 Å². The predicted molar refractivity (Wildman–Crippen MR) is 74.4 cm³/mol. The number of likely N-dealkylation sites (N-methyl/N-ethyl adjacent to an activating group) is 1. The molecule has 0 spiro atoms. The molecule has 0 atom stereocenters. The van der Waals surface area contributed by atoms with E-state index in [1.807, 2.05) is 11.8 Å². The van der Waals surface area contributed by atoms with Crippen LogP contribution in [0.4, 0.5) is 0 Å². The summed E-state index contributed by atoms with van der Waals surface area (Å²) in [5.41, 5.74) is 0. The van der Waals surface area contributed by atoms with Gasteiger partial charge in [0.25, 0.3) is 0 Å². The molecule has 0 radical (unpaired) electrons. The molecule has 1 aliphatic heterocycles. The van der Waals surface area contributed by atoms with E-state index in [2.05, 4.69) is 28.4 Å². The SMILES string of the molecule is CSCCCNCCCN1CCN(C)CC1. The third kappa shape index (κ3) is 6.74. The second kappa shape index (κ2) is 9.28. The zero-order valence-corrected chi connectivity index (χ0v) is 11.7. The first-order valence-corrected chi connectivity index (χ1v) is 7.83. The van der Waals surface area contributed by atoms with Crippen molar-refractivity contribution in [2.24, 2.45) is 0 Å². The molecule has 96 valence electrons. The number of hydrogen-bond acceptors (Lipinski definition) is 4. The van der Waals surface area contributed by atoms with Gasteiger partial charge in [0.2, 0.25) is 0 Å². The Kier molecular flexibility index (Phi) is 8.29. The quantitative estimate of drug-likeness (QED) is 0.642. The Morgan fingerprint density at radius 3 is 2.44 bits per heavy atom. The van der Waals surface area contributed by atoms with Crippen LogP contribution in [-0.4, -0.2) is 74.7 Å². The van der Waals surface area contributed by atoms with Crippen molar-refractivity contribution in [2.75, 3.05) is 64.9 Å². The first-order chi connectivity index (χ1) is 7.83. The van der Waals surface area contributed by atoms with Crippen LogP contribution in [0.15, 0.2) is 0 Å². The number of piperazine rings is 1. The summed E-state index contributed by atoms with van der Waals surface area (Å²) in [6.45, 7) is 8.61. The van der Waals surface area contributed by atoms with E-state index in [9.17, 15) is 0 Å². The average Bonchev–Trinajstić information content (AvgIpc) is 2.30. The van der Waals surface area contributed by atoms with Crippen molar-refractivity contribution in [2.45, 2.75) is 12.8 Å². The molecule has 0 aromatic carbocycles. The Morgan fingerprint density at radius 1 is 1.06 bits per heavy atom. The zero-order chi connectivity index (χ0) is 11.6. The first-order valence-electron chi connectivity index (χ1n) is 6.43. The molecular formula is C12H27N3S. The van der Waals surface area contributed by atoms with Gasteiger partial charge in [-0.2, -0.15) is 11.8 Å². The molecule has 0 bridgehead atoms. The van der Waals surface area contributed by atoms with Crippen molar-refractivity contribution in [1.82, 2.24) is 15.1 Å². The van der Waals surface area contributed by atoms with Crippen molar-refractivity contribution in [3.05, 3.63) is 0 Å². The fourth-order valence-electron chi connectivity index (χ4n) is 1.97. The van der Waals surface area contributed by atoms with E-state index in [4.69, 9.17) is 0 Å². The Hall–Kier alpha value is 0.230. The molecule has 0 unspecified atom stereocenters. The van der Waals surface area contributed by atoms with Gasteiger partial charge in [-0.25, -0.2) is 0 Å². The van der Waals surface area contributed by atoms with Gasteiger partial charge in [-0.1, -0.05) is 0 Å². The van der Waals surface area contributed by atoms with Gasteiger partial charge in [-0.3, -0.25) is 0 Å². The van der Waals surface area contributed by atoms with Crippen LogP contribution in [0.3, 0.4) is 0 Å². The molecule has 0 saturated carbocycles. The average molecular weight is 245 g/mol. The van der Waals surface area contributed by atoms with Crippen LogP contribution in [0.2, 0.25) is 0 Å². The summed E-state index contributed by atoms with van der Waals surface area (Å²) in [4.78, 5) is 5.00. The highest BCUT2D eigenvalue weighted by Crippen LogP contribution is 1.99. The van der Waals surface area contributed by atoms with Crippen LogP contribution in [0.5, 0.6) is 0 Å². The smallest absolute Gasteiger partial charge is 0.0110 e. The number of thioether (sulfide) groups is 1. The maximum absolute atomic E-state index is 3.52. The van der Waals surface area contributed by atoms with Crippen molar-refractivity contribution in [1.29, 1.82) is 0 Å². The standard InChI is InChI=1S/C12H27N3S/c1-14-8-10-15(11-9-14)7-3-5-13-6-4-12-16-2/h13H,3-12H2,1-2H3. The minimum absolute atomic E-state index is 1.18. The lowest BCUT2D eigenvalue weighted by Crippen LogP contribution is -2.45. The second-order valence-electron chi connectivity index (χ2n) is 4.59. The van der Waals surface area contributed by atoms with Gasteiger partial charge in [0, 0.05) is 26.2 Å². The van der Waals surface area contributed by atoms with Crippen LogP contribution in [0.25, 0.3) is 0 Å². The molecule has 1 rings (SSSR count). The highest BCUT2D eigenvalue weighted by Gasteiger charge is 2.12. The predicted octanol–water partition coefficient (Wildman–Crippen LogP) is 0.967. The highest BCUT2D eigenvalue weighted by atomic mass is 32.2. The summed E-state index contributed by atoms with van der Waals surface area (Å²) in [5, 5.41) is 3.52. The van der Waals surface area contributed by atoms with Crippen LogP contribution in [-0.2, 0) is 0 Å². The van der Waals surface area contributed by atoms with Crippen LogP contribution < -0.4 is 5.32 Å². The highest BCUT2D eigenvalue weighted by molar-refractivity contribution is 7.98. The van der Waals surface area contributed by atoms with Crippen molar-refractivity contribution in [3.63, 3.8) is 0 Å². The summed E-state index contributed by atoms with van der Waals surface area (Å²) >= 11 is 1.94. The fraction of sp³-hybridized carbons (Fsp3) is 1.00. The molecule has 0 amide bonds. The first kappa shape index (κ1) is 14.3. The molecule has 0 aromatic rings. The van der Waals surface area contributed by atoms with Crippen molar-refractivity contribution in [3.8, 4) is 0 Å². The van der Waals surface area contributed by atoms with Gasteiger partial charge in [0.15, 0.2) is 0 Å². The van der Waals surface area contributed by atoms with Crippen molar-refractivity contribution < 1.29 is 0 Å². The molecule has 1 aliphatic rings. The van der Waals surface area contributed by atoms with Gasteiger partial charge >= 0.3 is 0 Å². The normalized spacial score (nSPS) is 19.1.